The maximum atomic E-state index is 12.1. The summed E-state index contributed by atoms with van der Waals surface area (Å²) < 4.78 is 1.46. The zero-order chi connectivity index (χ0) is 13.1. The smallest absolute Gasteiger partial charge is 0.258 e. The predicted octanol–water partition coefficient (Wildman–Crippen LogP) is 4.17. The van der Waals surface area contributed by atoms with E-state index in [0.29, 0.717) is 10.2 Å². The van der Waals surface area contributed by atoms with Crippen LogP contribution in [0, 0.1) is 6.92 Å². The van der Waals surface area contributed by atoms with Crippen molar-refractivity contribution in [2.24, 2.45) is 0 Å². The van der Waals surface area contributed by atoms with Gasteiger partial charge in [0.25, 0.3) is 5.91 Å². The Kier molecular flexibility index (Phi) is 4.14. The zero-order valence-electron chi connectivity index (χ0n) is 9.58. The minimum absolute atomic E-state index is 0.184. The van der Waals surface area contributed by atoms with E-state index in [0.717, 1.165) is 15.7 Å². The topological polar surface area (TPSA) is 42.0 Å². The average Bonchev–Trinajstić information content (AvgIpc) is 2.34. The fraction of sp³-hybridized carbons (Fsp3) is 0.0769. The highest BCUT2D eigenvalue weighted by Gasteiger charge is 2.11. The van der Waals surface area contributed by atoms with Crippen LogP contribution in [-0.4, -0.2) is 10.9 Å². The summed E-state index contributed by atoms with van der Waals surface area (Å²) in [7, 11) is 0. The van der Waals surface area contributed by atoms with Crippen molar-refractivity contribution in [3.63, 3.8) is 0 Å². The van der Waals surface area contributed by atoms with Gasteiger partial charge >= 0.3 is 0 Å². The number of rotatable bonds is 2. The first kappa shape index (κ1) is 13.2. The Labute approximate surface area is 122 Å². The fourth-order valence-corrected chi connectivity index (χ4v) is 2.27. The summed E-state index contributed by atoms with van der Waals surface area (Å²) in [4.78, 5) is 16.1. The molecule has 0 atom stereocenters. The van der Waals surface area contributed by atoms with Gasteiger partial charge in [0.2, 0.25) is 0 Å². The summed E-state index contributed by atoms with van der Waals surface area (Å²) in [5.74, 6) is -0.184. The van der Waals surface area contributed by atoms with Crippen molar-refractivity contribution in [3.05, 3.63) is 56.7 Å². The predicted molar refractivity (Wildman–Crippen MR) is 78.8 cm³/mol. The first-order chi connectivity index (χ1) is 8.58. The molecule has 18 heavy (non-hydrogen) atoms. The molecule has 0 spiro atoms. The highest BCUT2D eigenvalue weighted by molar-refractivity contribution is 9.10. The number of hydrogen-bond acceptors (Lipinski definition) is 2. The summed E-state index contributed by atoms with van der Waals surface area (Å²) in [5.41, 5.74) is 2.30. The number of carbonyl (C=O) groups excluding carboxylic acids is 1. The van der Waals surface area contributed by atoms with Crippen molar-refractivity contribution in [2.45, 2.75) is 6.92 Å². The molecule has 1 aromatic heterocycles. The third kappa shape index (κ3) is 2.97. The molecule has 0 radical (unpaired) electrons. The van der Waals surface area contributed by atoms with E-state index in [2.05, 4.69) is 42.2 Å². The van der Waals surface area contributed by atoms with Gasteiger partial charge < -0.3 is 5.32 Å². The van der Waals surface area contributed by atoms with Crippen LogP contribution in [0.25, 0.3) is 0 Å². The number of aromatic nitrogens is 1. The van der Waals surface area contributed by atoms with Crippen molar-refractivity contribution < 1.29 is 4.79 Å². The molecule has 1 aromatic carbocycles. The van der Waals surface area contributed by atoms with Crippen LogP contribution in [-0.2, 0) is 0 Å². The molecule has 3 nitrogen and oxygen atoms in total. The lowest BCUT2D eigenvalue weighted by molar-refractivity contribution is 0.102. The summed E-state index contributed by atoms with van der Waals surface area (Å²) in [6.07, 6.45) is 1.63. The second-order valence-electron chi connectivity index (χ2n) is 3.76. The van der Waals surface area contributed by atoms with Crippen molar-refractivity contribution in [2.75, 3.05) is 5.32 Å². The Morgan fingerprint density at radius 1 is 1.28 bits per heavy atom. The number of pyridine rings is 1. The minimum Gasteiger partial charge on any atom is -0.322 e. The van der Waals surface area contributed by atoms with Gasteiger partial charge in [0.05, 0.1) is 5.56 Å². The molecule has 0 aliphatic rings. The fourth-order valence-electron chi connectivity index (χ4n) is 1.47. The van der Waals surface area contributed by atoms with Gasteiger partial charge in [-0.3, -0.25) is 4.79 Å². The summed E-state index contributed by atoms with van der Waals surface area (Å²) in [6.45, 7) is 1.94. The second kappa shape index (κ2) is 5.63. The van der Waals surface area contributed by atoms with Crippen molar-refractivity contribution in [1.29, 1.82) is 0 Å². The van der Waals surface area contributed by atoms with Gasteiger partial charge in [-0.15, -0.1) is 0 Å². The molecule has 2 rings (SSSR count). The van der Waals surface area contributed by atoms with Gasteiger partial charge in [0.15, 0.2) is 0 Å². The maximum absolute atomic E-state index is 12.1. The molecule has 0 aliphatic heterocycles. The summed E-state index contributed by atoms with van der Waals surface area (Å²) >= 11 is 6.65. The molecule has 92 valence electrons. The van der Waals surface area contributed by atoms with Gasteiger partial charge in [0, 0.05) is 16.4 Å². The van der Waals surface area contributed by atoms with E-state index in [1.807, 2.05) is 25.1 Å². The normalized spacial score (nSPS) is 10.2. The number of hydrogen-bond donors (Lipinski definition) is 1. The number of amides is 1. The zero-order valence-corrected chi connectivity index (χ0v) is 12.7. The number of nitrogens with one attached hydrogen (secondary N) is 1. The van der Waals surface area contributed by atoms with Crippen LogP contribution in [0.3, 0.4) is 0 Å². The first-order valence-electron chi connectivity index (χ1n) is 5.26. The lowest BCUT2D eigenvalue weighted by Crippen LogP contribution is -2.13. The lowest BCUT2D eigenvalue weighted by Gasteiger charge is -2.09. The lowest BCUT2D eigenvalue weighted by atomic mass is 10.2. The molecule has 0 fully saturated rings. The van der Waals surface area contributed by atoms with Gasteiger partial charge in [-0.1, -0.05) is 22.0 Å². The van der Waals surface area contributed by atoms with Gasteiger partial charge in [0.1, 0.15) is 4.60 Å². The third-order valence-electron chi connectivity index (χ3n) is 2.45. The molecule has 0 aliphatic carbocycles. The van der Waals surface area contributed by atoms with E-state index in [4.69, 9.17) is 0 Å². The highest BCUT2D eigenvalue weighted by Crippen LogP contribution is 2.22. The third-order valence-corrected chi connectivity index (χ3v) is 3.58. The standard InChI is InChI=1S/C13H10Br2N2O/c1-8-4-5-9(14)7-11(8)17-13(18)10-3-2-6-16-12(10)15/h2-7H,1H3,(H,17,18). The van der Waals surface area contributed by atoms with Gasteiger partial charge in [-0.05, 0) is 52.7 Å². The Hall–Kier alpha value is -1.20. The molecule has 1 amide bonds. The van der Waals surface area contributed by atoms with Crippen molar-refractivity contribution in [1.82, 2.24) is 4.98 Å². The van der Waals surface area contributed by atoms with E-state index >= 15 is 0 Å². The summed E-state index contributed by atoms with van der Waals surface area (Å²) in [6, 6.07) is 9.20. The van der Waals surface area contributed by atoms with E-state index in [1.54, 1.807) is 18.3 Å². The molecule has 0 bridgehead atoms. The van der Waals surface area contributed by atoms with Crippen LogP contribution in [0.5, 0.6) is 0 Å². The van der Waals surface area contributed by atoms with Crippen molar-refractivity contribution >= 4 is 43.5 Å². The molecular weight excluding hydrogens is 360 g/mol. The molecule has 0 saturated carbocycles. The van der Waals surface area contributed by atoms with Crippen LogP contribution >= 0.6 is 31.9 Å². The van der Waals surface area contributed by atoms with Gasteiger partial charge in [-0.25, -0.2) is 4.98 Å². The van der Waals surface area contributed by atoms with Crippen molar-refractivity contribution in [3.8, 4) is 0 Å². The first-order valence-corrected chi connectivity index (χ1v) is 6.84. The largest absolute Gasteiger partial charge is 0.322 e. The van der Waals surface area contributed by atoms with Crippen LogP contribution < -0.4 is 5.32 Å². The average molecular weight is 370 g/mol. The number of halogens is 2. The molecule has 1 heterocycles. The molecule has 1 N–H and O–H groups in total. The molecule has 2 aromatic rings. The highest BCUT2D eigenvalue weighted by atomic mass is 79.9. The van der Waals surface area contributed by atoms with Crippen LogP contribution in [0.2, 0.25) is 0 Å². The van der Waals surface area contributed by atoms with Crippen LogP contribution in [0.1, 0.15) is 15.9 Å². The Morgan fingerprint density at radius 2 is 2.06 bits per heavy atom. The number of nitrogens with zero attached hydrogens (tertiary/aromatic N) is 1. The molecule has 5 heteroatoms. The van der Waals surface area contributed by atoms with Crippen LogP contribution in [0.4, 0.5) is 5.69 Å². The minimum atomic E-state index is -0.184. The van der Waals surface area contributed by atoms with E-state index in [1.165, 1.54) is 0 Å². The Morgan fingerprint density at radius 3 is 2.78 bits per heavy atom. The number of anilines is 1. The maximum Gasteiger partial charge on any atom is 0.258 e. The number of benzene rings is 1. The molecule has 0 unspecified atom stereocenters. The molecular formula is C13H10Br2N2O. The Bertz CT molecular complexity index is 599. The SMILES string of the molecule is Cc1ccc(Br)cc1NC(=O)c1cccnc1Br. The van der Waals surface area contributed by atoms with E-state index in [9.17, 15) is 4.79 Å². The number of carbonyl (C=O) groups is 1. The van der Waals surface area contributed by atoms with E-state index < -0.39 is 0 Å². The quantitative estimate of drug-likeness (QED) is 0.807. The number of aryl methyl sites for hydroxylation is 1. The second-order valence-corrected chi connectivity index (χ2v) is 5.42. The monoisotopic (exact) mass is 368 g/mol. The van der Waals surface area contributed by atoms with Crippen LogP contribution in [0.15, 0.2) is 45.6 Å². The van der Waals surface area contributed by atoms with E-state index in [-0.39, 0.29) is 5.91 Å². The van der Waals surface area contributed by atoms with Gasteiger partial charge in [-0.2, -0.15) is 0 Å². The summed E-state index contributed by atoms with van der Waals surface area (Å²) in [5, 5.41) is 2.87. The molecule has 0 saturated heterocycles. The Balaban J connectivity index is 2.27.